The lowest BCUT2D eigenvalue weighted by atomic mass is 10.2. The molecule has 27 heavy (non-hydrogen) atoms. The number of imidazole rings is 1. The average molecular weight is 368 g/mol. The van der Waals surface area contributed by atoms with Gasteiger partial charge in [-0.1, -0.05) is 37.3 Å². The van der Waals surface area contributed by atoms with Crippen molar-refractivity contribution in [3.8, 4) is 0 Å². The highest BCUT2D eigenvalue weighted by atomic mass is 16.5. The van der Waals surface area contributed by atoms with E-state index < -0.39 is 0 Å². The molecule has 3 aromatic rings. The molecule has 0 saturated carbocycles. The van der Waals surface area contributed by atoms with Crippen LogP contribution in [0.1, 0.15) is 38.8 Å². The second kappa shape index (κ2) is 8.81. The van der Waals surface area contributed by atoms with Crippen molar-refractivity contribution in [3.63, 3.8) is 0 Å². The van der Waals surface area contributed by atoms with Gasteiger partial charge in [-0.2, -0.15) is 9.97 Å². The van der Waals surface area contributed by atoms with E-state index in [4.69, 9.17) is 14.7 Å². The molecule has 0 aliphatic carbocycles. The van der Waals surface area contributed by atoms with Crippen molar-refractivity contribution >= 4 is 22.9 Å². The number of hydrogen-bond acceptors (Lipinski definition) is 6. The molecule has 0 fully saturated rings. The summed E-state index contributed by atoms with van der Waals surface area (Å²) in [6.07, 6.45) is 2.75. The molecule has 2 heterocycles. The Morgan fingerprint density at radius 3 is 2.59 bits per heavy atom. The molecule has 0 aliphatic heterocycles. The van der Waals surface area contributed by atoms with Gasteiger partial charge in [-0.3, -0.25) is 0 Å². The van der Waals surface area contributed by atoms with E-state index in [2.05, 4.69) is 53.1 Å². The van der Waals surface area contributed by atoms with E-state index in [0.717, 1.165) is 23.4 Å². The zero-order chi connectivity index (χ0) is 19.2. The Bertz CT molecular complexity index is 862. The molecular formula is C20H28N6O. The Morgan fingerprint density at radius 2 is 1.93 bits per heavy atom. The van der Waals surface area contributed by atoms with Crippen LogP contribution in [0.2, 0.25) is 0 Å². The van der Waals surface area contributed by atoms with E-state index >= 15 is 0 Å². The summed E-state index contributed by atoms with van der Waals surface area (Å²) in [5.41, 5.74) is 2.79. The fourth-order valence-electron chi connectivity index (χ4n) is 2.91. The van der Waals surface area contributed by atoms with Gasteiger partial charge < -0.3 is 19.9 Å². The van der Waals surface area contributed by atoms with E-state index in [0.29, 0.717) is 19.1 Å². The molecular weight excluding hydrogens is 340 g/mol. The fourth-order valence-corrected chi connectivity index (χ4v) is 2.91. The van der Waals surface area contributed by atoms with E-state index in [1.165, 1.54) is 5.56 Å². The minimum atomic E-state index is 0.157. The van der Waals surface area contributed by atoms with Crippen molar-refractivity contribution in [2.24, 2.45) is 0 Å². The largest absolute Gasteiger partial charge is 0.383 e. The van der Waals surface area contributed by atoms with Crippen LogP contribution >= 0.6 is 0 Å². The first-order chi connectivity index (χ1) is 13.1. The monoisotopic (exact) mass is 368 g/mol. The molecule has 0 bridgehead atoms. The van der Waals surface area contributed by atoms with Crippen molar-refractivity contribution in [3.05, 3.63) is 42.2 Å². The first-order valence-corrected chi connectivity index (χ1v) is 9.40. The van der Waals surface area contributed by atoms with Gasteiger partial charge in [0.05, 0.1) is 19.0 Å². The first-order valence-electron chi connectivity index (χ1n) is 9.40. The lowest BCUT2D eigenvalue weighted by Gasteiger charge is -2.17. The maximum Gasteiger partial charge on any atom is 0.227 e. The van der Waals surface area contributed by atoms with Crippen LogP contribution in [0.5, 0.6) is 0 Å². The quantitative estimate of drug-likeness (QED) is 0.597. The van der Waals surface area contributed by atoms with Crippen LogP contribution in [0.4, 0.5) is 11.8 Å². The van der Waals surface area contributed by atoms with Crippen molar-refractivity contribution < 1.29 is 4.74 Å². The molecule has 0 radical (unpaired) electrons. The summed E-state index contributed by atoms with van der Waals surface area (Å²) in [5, 5.41) is 6.81. The molecule has 0 aliphatic rings. The number of fused-ring (bicyclic) bond motifs is 1. The molecule has 3 rings (SSSR count). The molecule has 1 aromatic carbocycles. The third-order valence-corrected chi connectivity index (χ3v) is 4.47. The topological polar surface area (TPSA) is 76.9 Å². The van der Waals surface area contributed by atoms with Gasteiger partial charge in [0.2, 0.25) is 5.95 Å². The number of nitrogens with one attached hydrogen (secondary N) is 2. The van der Waals surface area contributed by atoms with Crippen LogP contribution in [0, 0.1) is 0 Å². The predicted octanol–water partition coefficient (Wildman–Crippen LogP) is 3.86. The maximum atomic E-state index is 5.29. The average Bonchev–Trinajstić information content (AvgIpc) is 3.11. The molecule has 0 amide bonds. The van der Waals surface area contributed by atoms with Crippen molar-refractivity contribution in [1.29, 1.82) is 0 Å². The van der Waals surface area contributed by atoms with Crippen LogP contribution < -0.4 is 10.6 Å². The highest BCUT2D eigenvalue weighted by Gasteiger charge is 2.16. The summed E-state index contributed by atoms with van der Waals surface area (Å²) in [6.45, 7) is 7.63. The highest BCUT2D eigenvalue weighted by molar-refractivity contribution is 5.84. The fraction of sp³-hybridized carbons (Fsp3) is 0.450. The Labute approximate surface area is 160 Å². The Balaban J connectivity index is 1.94. The summed E-state index contributed by atoms with van der Waals surface area (Å²) in [7, 11) is 1.70. The number of anilines is 2. The lowest BCUT2D eigenvalue weighted by molar-refractivity contribution is 0.184. The SMILES string of the molecule is CC[C@H](COC)Nc1nc(NCc2ccccc2)c2ncn(C(C)C)c2n1. The Hall–Kier alpha value is -2.67. The minimum absolute atomic E-state index is 0.157. The summed E-state index contributed by atoms with van der Waals surface area (Å²) < 4.78 is 7.35. The summed E-state index contributed by atoms with van der Waals surface area (Å²) >= 11 is 0. The third-order valence-electron chi connectivity index (χ3n) is 4.47. The van der Waals surface area contributed by atoms with Crippen molar-refractivity contribution in [1.82, 2.24) is 19.5 Å². The second-order valence-corrected chi connectivity index (χ2v) is 6.86. The van der Waals surface area contributed by atoms with E-state index in [1.807, 2.05) is 24.5 Å². The molecule has 1 atom stereocenters. The van der Waals surface area contributed by atoms with Crippen molar-refractivity contribution in [2.75, 3.05) is 24.4 Å². The lowest BCUT2D eigenvalue weighted by Crippen LogP contribution is -2.25. The third kappa shape index (κ3) is 4.54. The number of hydrogen-bond donors (Lipinski definition) is 2. The van der Waals surface area contributed by atoms with Gasteiger partial charge in [0.25, 0.3) is 0 Å². The minimum Gasteiger partial charge on any atom is -0.383 e. The maximum absolute atomic E-state index is 5.29. The Kier molecular flexibility index (Phi) is 6.24. The summed E-state index contributed by atoms with van der Waals surface area (Å²) in [4.78, 5) is 14.0. The zero-order valence-corrected chi connectivity index (χ0v) is 16.4. The van der Waals surface area contributed by atoms with Crippen LogP contribution in [-0.2, 0) is 11.3 Å². The van der Waals surface area contributed by atoms with Gasteiger partial charge in [0.1, 0.15) is 0 Å². The van der Waals surface area contributed by atoms with Gasteiger partial charge in [-0.05, 0) is 25.8 Å². The number of nitrogens with zero attached hydrogens (tertiary/aromatic N) is 4. The van der Waals surface area contributed by atoms with Gasteiger partial charge >= 0.3 is 0 Å². The molecule has 2 N–H and O–H groups in total. The summed E-state index contributed by atoms with van der Waals surface area (Å²) in [6, 6.07) is 10.7. The van der Waals surface area contributed by atoms with E-state index in [-0.39, 0.29) is 12.1 Å². The van der Waals surface area contributed by atoms with Crippen molar-refractivity contribution in [2.45, 2.75) is 45.8 Å². The first kappa shape index (κ1) is 19.1. The standard InChI is InChI=1S/C20H28N6O/c1-5-16(12-27-4)23-20-24-18(21-11-15-9-7-6-8-10-15)17-19(25-20)26(13-22-17)14(2)3/h6-10,13-14,16H,5,11-12H2,1-4H3,(H2,21,23,24,25)/t16-/m1/s1. The van der Waals surface area contributed by atoms with Gasteiger partial charge in [-0.15, -0.1) is 0 Å². The number of ether oxygens (including phenoxy) is 1. The van der Waals surface area contributed by atoms with Crippen LogP contribution in [-0.4, -0.2) is 39.3 Å². The van der Waals surface area contributed by atoms with Crippen LogP contribution in [0.15, 0.2) is 36.7 Å². The van der Waals surface area contributed by atoms with E-state index in [9.17, 15) is 0 Å². The molecule has 144 valence electrons. The smallest absolute Gasteiger partial charge is 0.227 e. The van der Waals surface area contributed by atoms with Gasteiger partial charge in [0.15, 0.2) is 17.0 Å². The number of rotatable bonds is 9. The van der Waals surface area contributed by atoms with Crippen LogP contribution in [0.3, 0.4) is 0 Å². The van der Waals surface area contributed by atoms with Gasteiger partial charge in [0, 0.05) is 19.7 Å². The van der Waals surface area contributed by atoms with E-state index in [1.54, 1.807) is 7.11 Å². The number of benzene rings is 1. The molecule has 7 heteroatoms. The normalized spacial score (nSPS) is 12.5. The van der Waals surface area contributed by atoms with Crippen LogP contribution in [0.25, 0.3) is 11.2 Å². The second-order valence-electron chi connectivity index (χ2n) is 6.86. The Morgan fingerprint density at radius 1 is 1.15 bits per heavy atom. The molecule has 0 saturated heterocycles. The van der Waals surface area contributed by atoms with Gasteiger partial charge in [-0.25, -0.2) is 4.98 Å². The zero-order valence-electron chi connectivity index (χ0n) is 16.4. The highest BCUT2D eigenvalue weighted by Crippen LogP contribution is 2.24. The molecule has 2 aromatic heterocycles. The summed E-state index contributed by atoms with van der Waals surface area (Å²) in [5.74, 6) is 1.32. The molecule has 0 spiro atoms. The number of methoxy groups -OCH3 is 1. The predicted molar refractivity (Wildman–Crippen MR) is 109 cm³/mol. The molecule has 0 unspecified atom stereocenters. The molecule has 7 nitrogen and oxygen atoms in total. The number of aromatic nitrogens is 4.